The van der Waals surface area contributed by atoms with Gasteiger partial charge in [-0.3, -0.25) is 0 Å². The van der Waals surface area contributed by atoms with Crippen LogP contribution in [0.25, 0.3) is 0 Å². The van der Waals surface area contributed by atoms with Crippen molar-refractivity contribution in [2.45, 2.75) is 26.0 Å². The van der Waals surface area contributed by atoms with Crippen LogP contribution in [-0.2, 0) is 4.74 Å². The molecule has 0 radical (unpaired) electrons. The predicted octanol–water partition coefficient (Wildman–Crippen LogP) is 1.81. The molecule has 3 nitrogen and oxygen atoms in total. The Bertz CT molecular complexity index is 344. The van der Waals surface area contributed by atoms with Gasteiger partial charge in [0, 0.05) is 25.8 Å². The summed E-state index contributed by atoms with van der Waals surface area (Å²) in [6, 6.07) is 9.02. The second kappa shape index (κ2) is 5.52. The van der Waals surface area contributed by atoms with Crippen molar-refractivity contribution in [2.75, 3.05) is 31.6 Å². The number of hydrogen-bond acceptors (Lipinski definition) is 3. The number of ether oxygens (including phenoxy) is 1. The standard InChI is InChI=1S/C14H22N2O/c1-11-4-6-13(7-5-11)16(3)12(2)14-10-15-8-9-17-14/h4-7,12,14-15H,8-10H2,1-3H3. The summed E-state index contributed by atoms with van der Waals surface area (Å²) in [5.41, 5.74) is 2.54. The van der Waals surface area contributed by atoms with Crippen LogP contribution in [0.15, 0.2) is 24.3 Å². The molecular formula is C14H22N2O. The lowest BCUT2D eigenvalue weighted by atomic mass is 10.1. The van der Waals surface area contributed by atoms with Crippen molar-refractivity contribution in [3.8, 4) is 0 Å². The second-order valence-electron chi connectivity index (χ2n) is 4.80. The Kier molecular flexibility index (Phi) is 4.02. The molecular weight excluding hydrogens is 212 g/mol. The van der Waals surface area contributed by atoms with Crippen molar-refractivity contribution >= 4 is 5.69 Å². The van der Waals surface area contributed by atoms with Crippen LogP contribution in [0.1, 0.15) is 12.5 Å². The van der Waals surface area contributed by atoms with E-state index in [0.717, 1.165) is 19.7 Å². The molecule has 3 heteroatoms. The Labute approximate surface area is 104 Å². The summed E-state index contributed by atoms with van der Waals surface area (Å²) >= 11 is 0. The maximum atomic E-state index is 5.80. The average Bonchev–Trinajstić information content (AvgIpc) is 2.39. The van der Waals surface area contributed by atoms with Crippen LogP contribution >= 0.6 is 0 Å². The topological polar surface area (TPSA) is 24.5 Å². The SMILES string of the molecule is Cc1ccc(N(C)C(C)C2CNCCO2)cc1. The monoisotopic (exact) mass is 234 g/mol. The molecule has 2 unspecified atom stereocenters. The Hall–Kier alpha value is -1.06. The number of nitrogens with one attached hydrogen (secondary N) is 1. The van der Waals surface area contributed by atoms with E-state index in [1.54, 1.807) is 0 Å². The maximum Gasteiger partial charge on any atom is 0.0899 e. The van der Waals surface area contributed by atoms with E-state index in [-0.39, 0.29) is 6.10 Å². The lowest BCUT2D eigenvalue weighted by Gasteiger charge is -2.35. The van der Waals surface area contributed by atoms with Crippen molar-refractivity contribution in [1.29, 1.82) is 0 Å². The predicted molar refractivity (Wildman–Crippen MR) is 71.7 cm³/mol. The quantitative estimate of drug-likeness (QED) is 0.863. The molecule has 1 aromatic rings. The van der Waals surface area contributed by atoms with E-state index in [1.807, 2.05) is 0 Å². The van der Waals surface area contributed by atoms with E-state index in [0.29, 0.717) is 6.04 Å². The Morgan fingerprint density at radius 2 is 2.06 bits per heavy atom. The second-order valence-corrected chi connectivity index (χ2v) is 4.80. The van der Waals surface area contributed by atoms with Crippen LogP contribution in [0.3, 0.4) is 0 Å². The van der Waals surface area contributed by atoms with Gasteiger partial charge >= 0.3 is 0 Å². The molecule has 0 aliphatic carbocycles. The van der Waals surface area contributed by atoms with Gasteiger partial charge in [0.2, 0.25) is 0 Å². The van der Waals surface area contributed by atoms with Crippen LogP contribution in [0, 0.1) is 6.92 Å². The molecule has 1 aromatic carbocycles. The fourth-order valence-electron chi connectivity index (χ4n) is 2.16. The van der Waals surface area contributed by atoms with E-state index in [2.05, 4.69) is 55.4 Å². The molecule has 1 saturated heterocycles. The number of rotatable bonds is 3. The fourth-order valence-corrected chi connectivity index (χ4v) is 2.16. The highest BCUT2D eigenvalue weighted by molar-refractivity contribution is 5.47. The third-order valence-corrected chi connectivity index (χ3v) is 3.55. The number of morpholine rings is 1. The highest BCUT2D eigenvalue weighted by atomic mass is 16.5. The summed E-state index contributed by atoms with van der Waals surface area (Å²) in [7, 11) is 2.13. The van der Waals surface area contributed by atoms with E-state index in [4.69, 9.17) is 4.74 Å². The van der Waals surface area contributed by atoms with Gasteiger partial charge in [-0.25, -0.2) is 0 Å². The first-order valence-electron chi connectivity index (χ1n) is 6.30. The van der Waals surface area contributed by atoms with E-state index in [9.17, 15) is 0 Å². The van der Waals surface area contributed by atoms with E-state index in [1.165, 1.54) is 11.3 Å². The number of anilines is 1. The number of likely N-dealkylation sites (N-methyl/N-ethyl adjacent to an activating group) is 1. The van der Waals surface area contributed by atoms with Gasteiger partial charge < -0.3 is 15.0 Å². The largest absolute Gasteiger partial charge is 0.373 e. The normalized spacial score (nSPS) is 22.2. The summed E-state index contributed by atoms with van der Waals surface area (Å²) in [6.07, 6.45) is 0.273. The first kappa shape index (κ1) is 12.4. The zero-order chi connectivity index (χ0) is 12.3. The van der Waals surface area contributed by atoms with Crippen molar-refractivity contribution in [1.82, 2.24) is 5.32 Å². The Balaban J connectivity index is 2.02. The number of hydrogen-bond donors (Lipinski definition) is 1. The zero-order valence-electron chi connectivity index (χ0n) is 10.9. The van der Waals surface area contributed by atoms with Gasteiger partial charge in [-0.15, -0.1) is 0 Å². The average molecular weight is 234 g/mol. The van der Waals surface area contributed by atoms with Gasteiger partial charge in [0.05, 0.1) is 18.8 Å². The van der Waals surface area contributed by atoms with Crippen LogP contribution < -0.4 is 10.2 Å². The van der Waals surface area contributed by atoms with Crippen molar-refractivity contribution < 1.29 is 4.74 Å². The van der Waals surface area contributed by atoms with Crippen LogP contribution in [0.4, 0.5) is 5.69 Å². The Morgan fingerprint density at radius 3 is 2.65 bits per heavy atom. The van der Waals surface area contributed by atoms with Crippen LogP contribution in [-0.4, -0.2) is 38.9 Å². The van der Waals surface area contributed by atoms with Gasteiger partial charge in [-0.05, 0) is 26.0 Å². The van der Waals surface area contributed by atoms with Crippen molar-refractivity contribution in [3.05, 3.63) is 29.8 Å². The first-order chi connectivity index (χ1) is 8.18. The smallest absolute Gasteiger partial charge is 0.0899 e. The maximum absolute atomic E-state index is 5.80. The lowest BCUT2D eigenvalue weighted by molar-refractivity contribution is 0.0153. The minimum absolute atomic E-state index is 0.273. The molecule has 1 N–H and O–H groups in total. The van der Waals surface area contributed by atoms with Crippen molar-refractivity contribution in [2.24, 2.45) is 0 Å². The summed E-state index contributed by atoms with van der Waals surface area (Å²) < 4.78 is 5.80. The highest BCUT2D eigenvalue weighted by Gasteiger charge is 2.23. The molecule has 1 heterocycles. The van der Waals surface area contributed by atoms with Gasteiger partial charge in [-0.2, -0.15) is 0 Å². The molecule has 0 aromatic heterocycles. The minimum atomic E-state index is 0.273. The molecule has 17 heavy (non-hydrogen) atoms. The molecule has 0 saturated carbocycles. The molecule has 1 aliphatic rings. The van der Waals surface area contributed by atoms with Gasteiger partial charge in [0.25, 0.3) is 0 Å². The van der Waals surface area contributed by atoms with E-state index < -0.39 is 0 Å². The fraction of sp³-hybridized carbons (Fsp3) is 0.571. The third kappa shape index (κ3) is 2.99. The molecule has 1 aliphatic heterocycles. The van der Waals surface area contributed by atoms with Gasteiger partial charge in [0.1, 0.15) is 0 Å². The molecule has 0 bridgehead atoms. The van der Waals surface area contributed by atoms with Gasteiger partial charge in [0.15, 0.2) is 0 Å². The van der Waals surface area contributed by atoms with Crippen LogP contribution in [0.2, 0.25) is 0 Å². The Morgan fingerprint density at radius 1 is 1.35 bits per heavy atom. The number of nitrogens with zero attached hydrogens (tertiary/aromatic N) is 1. The van der Waals surface area contributed by atoms with Gasteiger partial charge in [-0.1, -0.05) is 17.7 Å². The summed E-state index contributed by atoms with van der Waals surface area (Å²) in [6.45, 7) is 7.06. The summed E-state index contributed by atoms with van der Waals surface area (Å²) in [4.78, 5) is 2.29. The molecule has 0 spiro atoms. The summed E-state index contributed by atoms with van der Waals surface area (Å²) in [5.74, 6) is 0. The first-order valence-corrected chi connectivity index (χ1v) is 6.30. The molecule has 94 valence electrons. The number of aryl methyl sites for hydroxylation is 1. The number of benzene rings is 1. The summed E-state index contributed by atoms with van der Waals surface area (Å²) in [5, 5.41) is 3.38. The third-order valence-electron chi connectivity index (χ3n) is 3.55. The molecule has 0 amide bonds. The molecule has 2 atom stereocenters. The van der Waals surface area contributed by atoms with Crippen molar-refractivity contribution in [3.63, 3.8) is 0 Å². The molecule has 2 rings (SSSR count). The highest BCUT2D eigenvalue weighted by Crippen LogP contribution is 2.18. The molecule has 1 fully saturated rings. The minimum Gasteiger partial charge on any atom is -0.373 e. The zero-order valence-corrected chi connectivity index (χ0v) is 10.9. The van der Waals surface area contributed by atoms with Crippen LogP contribution in [0.5, 0.6) is 0 Å². The lowest BCUT2D eigenvalue weighted by Crippen LogP contribution is -2.50. The van der Waals surface area contributed by atoms with E-state index >= 15 is 0 Å².